The molecule has 0 aliphatic heterocycles. The molecule has 86 valence electrons. The summed E-state index contributed by atoms with van der Waals surface area (Å²) in [5, 5.41) is 12.4. The number of anilines is 1. The topological polar surface area (TPSA) is 49.3 Å². The molecule has 0 amide bonds. The molecule has 1 aliphatic carbocycles. The molecule has 0 saturated heterocycles. The van der Waals surface area contributed by atoms with E-state index < -0.39 is 5.97 Å². The molecule has 2 rings (SSSR count). The van der Waals surface area contributed by atoms with Crippen LogP contribution in [0.5, 0.6) is 0 Å². The van der Waals surface area contributed by atoms with E-state index in [1.54, 1.807) is 12.1 Å². The maximum absolute atomic E-state index is 10.8. The normalized spacial score (nSPS) is 16.9. The Morgan fingerprint density at radius 3 is 2.75 bits per heavy atom. The van der Waals surface area contributed by atoms with Crippen LogP contribution in [0.1, 0.15) is 30.1 Å². The summed E-state index contributed by atoms with van der Waals surface area (Å²) in [5.41, 5.74) is 1.44. The number of hydrogen-bond donors (Lipinski definition) is 2. The van der Waals surface area contributed by atoms with Crippen molar-refractivity contribution in [3.63, 3.8) is 0 Å². The van der Waals surface area contributed by atoms with Gasteiger partial charge in [-0.1, -0.05) is 18.5 Å². The van der Waals surface area contributed by atoms with Gasteiger partial charge in [-0.25, -0.2) is 4.79 Å². The van der Waals surface area contributed by atoms with E-state index in [-0.39, 0.29) is 10.6 Å². The Bertz CT molecular complexity index is 427. The number of aromatic carboxylic acids is 1. The van der Waals surface area contributed by atoms with Crippen molar-refractivity contribution >= 4 is 23.3 Å². The minimum atomic E-state index is -0.995. The minimum absolute atomic E-state index is 0.143. The van der Waals surface area contributed by atoms with Gasteiger partial charge in [-0.15, -0.1) is 0 Å². The average Bonchev–Trinajstić information content (AvgIpc) is 2.94. The molecule has 1 aromatic carbocycles. The summed E-state index contributed by atoms with van der Waals surface area (Å²) < 4.78 is 0. The van der Waals surface area contributed by atoms with Gasteiger partial charge in [0, 0.05) is 12.2 Å². The molecule has 1 saturated carbocycles. The molecule has 1 aromatic rings. The number of nitrogens with one attached hydrogen (secondary N) is 1. The second-order valence-corrected chi connectivity index (χ2v) is 5.07. The zero-order chi connectivity index (χ0) is 11.8. The first-order valence-corrected chi connectivity index (χ1v) is 5.65. The summed E-state index contributed by atoms with van der Waals surface area (Å²) in [6.45, 7) is 3.14. The fraction of sp³-hybridized carbons (Fsp3) is 0.417. The quantitative estimate of drug-likeness (QED) is 0.848. The van der Waals surface area contributed by atoms with Crippen LogP contribution in [0.4, 0.5) is 5.69 Å². The molecule has 3 nitrogen and oxygen atoms in total. The van der Waals surface area contributed by atoms with E-state index in [2.05, 4.69) is 12.2 Å². The van der Waals surface area contributed by atoms with Gasteiger partial charge < -0.3 is 10.4 Å². The fourth-order valence-corrected chi connectivity index (χ4v) is 1.77. The lowest BCUT2D eigenvalue weighted by atomic mass is 10.1. The number of carboxylic acids is 1. The van der Waals surface area contributed by atoms with Crippen molar-refractivity contribution in [2.45, 2.75) is 19.8 Å². The Labute approximate surface area is 99.4 Å². The predicted octanol–water partition coefficient (Wildman–Crippen LogP) is 3.25. The average molecular weight is 240 g/mol. The van der Waals surface area contributed by atoms with Crippen molar-refractivity contribution in [1.82, 2.24) is 0 Å². The van der Waals surface area contributed by atoms with Crippen LogP contribution in [0.2, 0.25) is 5.02 Å². The predicted molar refractivity (Wildman–Crippen MR) is 64.2 cm³/mol. The van der Waals surface area contributed by atoms with Crippen LogP contribution in [0.15, 0.2) is 18.2 Å². The van der Waals surface area contributed by atoms with E-state index in [1.807, 2.05) is 0 Å². The van der Waals surface area contributed by atoms with Crippen molar-refractivity contribution in [2.24, 2.45) is 5.41 Å². The highest BCUT2D eigenvalue weighted by Gasteiger charge is 2.36. The van der Waals surface area contributed by atoms with Gasteiger partial charge in [0.1, 0.15) is 0 Å². The lowest BCUT2D eigenvalue weighted by Gasteiger charge is -2.12. The Balaban J connectivity index is 2.05. The molecular weight excluding hydrogens is 226 g/mol. The monoisotopic (exact) mass is 239 g/mol. The molecule has 0 aromatic heterocycles. The zero-order valence-electron chi connectivity index (χ0n) is 9.09. The summed E-state index contributed by atoms with van der Waals surface area (Å²) in [7, 11) is 0. The second kappa shape index (κ2) is 3.98. The summed E-state index contributed by atoms with van der Waals surface area (Å²) >= 11 is 5.87. The summed E-state index contributed by atoms with van der Waals surface area (Å²) in [6, 6.07) is 4.94. The van der Waals surface area contributed by atoms with E-state index in [0.717, 1.165) is 12.2 Å². The summed E-state index contributed by atoms with van der Waals surface area (Å²) in [6.07, 6.45) is 2.50. The Hall–Kier alpha value is -1.22. The van der Waals surface area contributed by atoms with Crippen LogP contribution in [0, 0.1) is 5.41 Å². The smallest absolute Gasteiger partial charge is 0.337 e. The summed E-state index contributed by atoms with van der Waals surface area (Å²) in [4.78, 5) is 10.8. The first-order valence-electron chi connectivity index (χ1n) is 5.27. The van der Waals surface area contributed by atoms with E-state index in [9.17, 15) is 4.79 Å². The highest BCUT2D eigenvalue weighted by molar-refractivity contribution is 6.33. The number of benzene rings is 1. The molecular formula is C12H14ClNO2. The third-order valence-electron chi connectivity index (χ3n) is 3.02. The summed E-state index contributed by atoms with van der Waals surface area (Å²) in [5.74, 6) is -0.995. The zero-order valence-corrected chi connectivity index (χ0v) is 9.84. The standard InChI is InChI=1S/C12H14ClNO2/c1-12(4-5-12)7-14-8-2-3-9(11(15)16)10(13)6-8/h2-3,6,14H,4-5,7H2,1H3,(H,15,16). The molecule has 16 heavy (non-hydrogen) atoms. The fourth-order valence-electron chi connectivity index (χ4n) is 1.50. The van der Waals surface area contributed by atoms with Gasteiger partial charge >= 0.3 is 5.97 Å². The molecule has 1 fully saturated rings. The van der Waals surface area contributed by atoms with Crippen LogP contribution < -0.4 is 5.32 Å². The molecule has 0 unspecified atom stereocenters. The van der Waals surface area contributed by atoms with E-state index >= 15 is 0 Å². The first-order chi connectivity index (χ1) is 7.50. The molecule has 0 radical (unpaired) electrons. The molecule has 0 atom stereocenters. The molecule has 2 N–H and O–H groups in total. The number of halogens is 1. The van der Waals surface area contributed by atoms with Crippen molar-refractivity contribution in [1.29, 1.82) is 0 Å². The van der Waals surface area contributed by atoms with Crippen LogP contribution in [0.25, 0.3) is 0 Å². The maximum Gasteiger partial charge on any atom is 0.337 e. The van der Waals surface area contributed by atoms with E-state index in [4.69, 9.17) is 16.7 Å². The Kier molecular flexibility index (Phi) is 2.80. The lowest BCUT2D eigenvalue weighted by Crippen LogP contribution is -2.11. The largest absolute Gasteiger partial charge is 0.478 e. The van der Waals surface area contributed by atoms with Gasteiger partial charge in [-0.2, -0.15) is 0 Å². The second-order valence-electron chi connectivity index (χ2n) is 4.66. The van der Waals surface area contributed by atoms with Crippen LogP contribution in [-0.4, -0.2) is 17.6 Å². The highest BCUT2D eigenvalue weighted by atomic mass is 35.5. The van der Waals surface area contributed by atoms with E-state index in [0.29, 0.717) is 5.41 Å². The minimum Gasteiger partial charge on any atom is -0.478 e. The molecule has 4 heteroatoms. The molecule has 0 bridgehead atoms. The lowest BCUT2D eigenvalue weighted by molar-refractivity contribution is 0.0697. The first kappa shape index (κ1) is 11.3. The van der Waals surface area contributed by atoms with Crippen molar-refractivity contribution in [3.8, 4) is 0 Å². The van der Waals surface area contributed by atoms with E-state index in [1.165, 1.54) is 18.9 Å². The van der Waals surface area contributed by atoms with Crippen molar-refractivity contribution in [3.05, 3.63) is 28.8 Å². The van der Waals surface area contributed by atoms with Gasteiger partial charge in [-0.05, 0) is 36.5 Å². The number of rotatable bonds is 4. The molecule has 1 aliphatic rings. The number of hydrogen-bond acceptors (Lipinski definition) is 2. The molecule has 0 heterocycles. The number of carbonyl (C=O) groups is 1. The Morgan fingerprint density at radius 2 is 2.25 bits per heavy atom. The third-order valence-corrected chi connectivity index (χ3v) is 3.34. The SMILES string of the molecule is CC1(CNc2ccc(C(=O)O)c(Cl)c2)CC1. The van der Waals surface area contributed by atoms with Gasteiger partial charge in [0.25, 0.3) is 0 Å². The van der Waals surface area contributed by atoms with Gasteiger partial charge in [0.15, 0.2) is 0 Å². The van der Waals surface area contributed by atoms with Crippen molar-refractivity contribution in [2.75, 3.05) is 11.9 Å². The van der Waals surface area contributed by atoms with Gasteiger partial charge in [0.2, 0.25) is 0 Å². The van der Waals surface area contributed by atoms with Crippen LogP contribution in [0.3, 0.4) is 0 Å². The van der Waals surface area contributed by atoms with Crippen LogP contribution >= 0.6 is 11.6 Å². The van der Waals surface area contributed by atoms with Gasteiger partial charge in [-0.3, -0.25) is 0 Å². The Morgan fingerprint density at radius 1 is 1.56 bits per heavy atom. The molecule has 0 spiro atoms. The third kappa shape index (κ3) is 2.47. The van der Waals surface area contributed by atoms with Gasteiger partial charge in [0.05, 0.1) is 10.6 Å². The number of carboxylic acid groups (broad SMARTS) is 1. The highest BCUT2D eigenvalue weighted by Crippen LogP contribution is 2.44. The van der Waals surface area contributed by atoms with Crippen molar-refractivity contribution < 1.29 is 9.90 Å². The maximum atomic E-state index is 10.8. The van der Waals surface area contributed by atoms with Crippen LogP contribution in [-0.2, 0) is 0 Å².